The van der Waals surface area contributed by atoms with Crippen LogP contribution in [0.2, 0.25) is 0 Å². The van der Waals surface area contributed by atoms with E-state index in [1.165, 1.54) is 0 Å². The molecule has 0 atom stereocenters. The molecule has 0 radical (unpaired) electrons. The minimum atomic E-state index is -0.210. The lowest BCUT2D eigenvalue weighted by Gasteiger charge is -2.26. The Bertz CT molecular complexity index is 200. The summed E-state index contributed by atoms with van der Waals surface area (Å²) in [6.07, 6.45) is 0.732. The van der Waals surface area contributed by atoms with E-state index < -0.39 is 0 Å². The predicted molar refractivity (Wildman–Crippen MR) is 53.0 cm³/mol. The number of hydrogen-bond donors (Lipinski definition) is 1. The molecule has 0 aromatic rings. The number of hydrogen-bond acceptors (Lipinski definition) is 4. The van der Waals surface area contributed by atoms with E-state index in [2.05, 4.69) is 5.32 Å². The number of carbonyl (C=O) groups excluding carboxylic acids is 1. The molecular weight excluding hydrogens is 182 g/mol. The number of methoxy groups -OCH3 is 1. The molecule has 1 N–H and O–H groups in total. The standard InChI is InChI=1S/C10H19NO3/c1-10(2,13-3)4-5-14-9(12)8-6-11-7-8/h8,11H,4-7H2,1-3H3. The van der Waals surface area contributed by atoms with Crippen molar-refractivity contribution in [2.24, 2.45) is 5.92 Å². The minimum absolute atomic E-state index is 0.0701. The molecule has 1 aliphatic heterocycles. The van der Waals surface area contributed by atoms with Gasteiger partial charge >= 0.3 is 5.97 Å². The second-order valence-electron chi connectivity index (χ2n) is 4.24. The smallest absolute Gasteiger partial charge is 0.311 e. The first-order chi connectivity index (χ1) is 6.55. The van der Waals surface area contributed by atoms with Crippen LogP contribution in [-0.2, 0) is 14.3 Å². The molecule has 0 aliphatic carbocycles. The van der Waals surface area contributed by atoms with Gasteiger partial charge in [0.2, 0.25) is 0 Å². The van der Waals surface area contributed by atoms with Gasteiger partial charge in [-0.2, -0.15) is 0 Å². The van der Waals surface area contributed by atoms with Crippen molar-refractivity contribution >= 4 is 5.97 Å². The molecule has 0 amide bonds. The molecule has 0 saturated carbocycles. The fraction of sp³-hybridized carbons (Fsp3) is 0.900. The normalized spacial score (nSPS) is 17.6. The maximum Gasteiger partial charge on any atom is 0.311 e. The molecular formula is C10H19NO3. The lowest BCUT2D eigenvalue weighted by Crippen LogP contribution is -2.47. The topological polar surface area (TPSA) is 47.6 Å². The van der Waals surface area contributed by atoms with Crippen LogP contribution in [0.3, 0.4) is 0 Å². The molecule has 1 aliphatic rings. The van der Waals surface area contributed by atoms with Crippen molar-refractivity contribution in [2.75, 3.05) is 26.8 Å². The molecule has 0 aromatic heterocycles. The van der Waals surface area contributed by atoms with E-state index in [4.69, 9.17) is 9.47 Å². The second-order valence-corrected chi connectivity index (χ2v) is 4.24. The first-order valence-electron chi connectivity index (χ1n) is 4.98. The molecule has 1 rings (SSSR count). The summed E-state index contributed by atoms with van der Waals surface area (Å²) in [4.78, 5) is 11.3. The average Bonchev–Trinajstić information content (AvgIpc) is 2.01. The van der Waals surface area contributed by atoms with Gasteiger partial charge in [-0.1, -0.05) is 0 Å². The molecule has 0 aromatic carbocycles. The highest BCUT2D eigenvalue weighted by Crippen LogP contribution is 2.13. The van der Waals surface area contributed by atoms with Crippen molar-refractivity contribution in [3.8, 4) is 0 Å². The summed E-state index contributed by atoms with van der Waals surface area (Å²) in [5.74, 6) is -0.0173. The first kappa shape index (κ1) is 11.5. The summed E-state index contributed by atoms with van der Waals surface area (Å²) < 4.78 is 10.3. The summed E-state index contributed by atoms with van der Waals surface area (Å²) in [5.41, 5.74) is -0.210. The highest BCUT2D eigenvalue weighted by molar-refractivity contribution is 5.73. The van der Waals surface area contributed by atoms with Crippen LogP contribution in [-0.4, -0.2) is 38.4 Å². The Balaban J connectivity index is 2.11. The summed E-state index contributed by atoms with van der Waals surface area (Å²) in [6.45, 7) is 5.91. The maximum atomic E-state index is 11.3. The summed E-state index contributed by atoms with van der Waals surface area (Å²) in [5, 5.41) is 3.03. The van der Waals surface area contributed by atoms with Gasteiger partial charge in [0, 0.05) is 26.6 Å². The number of nitrogens with one attached hydrogen (secondary N) is 1. The van der Waals surface area contributed by atoms with Crippen molar-refractivity contribution in [1.82, 2.24) is 5.32 Å². The summed E-state index contributed by atoms with van der Waals surface area (Å²) in [6, 6.07) is 0. The van der Waals surface area contributed by atoms with E-state index in [0.29, 0.717) is 6.61 Å². The molecule has 1 heterocycles. The molecule has 82 valence electrons. The van der Waals surface area contributed by atoms with E-state index >= 15 is 0 Å². The van der Waals surface area contributed by atoms with Crippen molar-refractivity contribution in [3.05, 3.63) is 0 Å². The fourth-order valence-electron chi connectivity index (χ4n) is 1.07. The van der Waals surface area contributed by atoms with Gasteiger partial charge in [-0.05, 0) is 13.8 Å². The van der Waals surface area contributed by atoms with Crippen molar-refractivity contribution in [3.63, 3.8) is 0 Å². The van der Waals surface area contributed by atoms with Gasteiger partial charge in [-0.25, -0.2) is 0 Å². The van der Waals surface area contributed by atoms with Gasteiger partial charge < -0.3 is 14.8 Å². The van der Waals surface area contributed by atoms with Gasteiger partial charge in [0.25, 0.3) is 0 Å². The monoisotopic (exact) mass is 201 g/mol. The Morgan fingerprint density at radius 2 is 2.14 bits per heavy atom. The molecule has 14 heavy (non-hydrogen) atoms. The number of esters is 1. The number of rotatable bonds is 5. The van der Waals surface area contributed by atoms with Crippen LogP contribution >= 0.6 is 0 Å². The molecule has 0 spiro atoms. The van der Waals surface area contributed by atoms with Gasteiger partial charge in [0.05, 0.1) is 18.1 Å². The van der Waals surface area contributed by atoms with Crippen LogP contribution in [0.25, 0.3) is 0 Å². The van der Waals surface area contributed by atoms with Crippen molar-refractivity contribution < 1.29 is 14.3 Å². The highest BCUT2D eigenvalue weighted by atomic mass is 16.5. The Kier molecular flexibility index (Phi) is 3.89. The molecule has 0 unspecified atom stereocenters. The quantitative estimate of drug-likeness (QED) is 0.660. The zero-order valence-corrected chi connectivity index (χ0v) is 9.13. The predicted octanol–water partition coefficient (Wildman–Crippen LogP) is 0.564. The third-order valence-electron chi connectivity index (χ3n) is 2.62. The maximum absolute atomic E-state index is 11.3. The van der Waals surface area contributed by atoms with Crippen LogP contribution < -0.4 is 5.32 Å². The van der Waals surface area contributed by atoms with Crippen LogP contribution in [0.1, 0.15) is 20.3 Å². The molecule has 4 heteroatoms. The second kappa shape index (κ2) is 4.75. The number of carbonyl (C=O) groups is 1. The Morgan fingerprint density at radius 3 is 2.57 bits per heavy atom. The van der Waals surface area contributed by atoms with E-state index in [-0.39, 0.29) is 17.5 Å². The Morgan fingerprint density at radius 1 is 1.50 bits per heavy atom. The molecule has 4 nitrogen and oxygen atoms in total. The van der Waals surface area contributed by atoms with Crippen molar-refractivity contribution in [1.29, 1.82) is 0 Å². The summed E-state index contributed by atoms with van der Waals surface area (Å²) in [7, 11) is 1.66. The van der Waals surface area contributed by atoms with Crippen molar-refractivity contribution in [2.45, 2.75) is 25.9 Å². The molecule has 1 fully saturated rings. The van der Waals surface area contributed by atoms with Gasteiger partial charge in [-0.3, -0.25) is 4.79 Å². The van der Waals surface area contributed by atoms with Gasteiger partial charge in [0.1, 0.15) is 0 Å². The first-order valence-corrected chi connectivity index (χ1v) is 4.98. The summed E-state index contributed by atoms with van der Waals surface area (Å²) >= 11 is 0. The molecule has 0 bridgehead atoms. The fourth-order valence-corrected chi connectivity index (χ4v) is 1.07. The van der Waals surface area contributed by atoms with Crippen LogP contribution in [0.15, 0.2) is 0 Å². The van der Waals surface area contributed by atoms with Gasteiger partial charge in [-0.15, -0.1) is 0 Å². The Hall–Kier alpha value is -0.610. The van der Waals surface area contributed by atoms with E-state index in [1.54, 1.807) is 7.11 Å². The van der Waals surface area contributed by atoms with E-state index in [1.807, 2.05) is 13.8 Å². The van der Waals surface area contributed by atoms with Crippen LogP contribution in [0.5, 0.6) is 0 Å². The lowest BCUT2D eigenvalue weighted by molar-refractivity contribution is -0.151. The van der Waals surface area contributed by atoms with E-state index in [9.17, 15) is 4.79 Å². The average molecular weight is 201 g/mol. The SMILES string of the molecule is COC(C)(C)CCOC(=O)C1CNC1. The van der Waals surface area contributed by atoms with Crippen LogP contribution in [0.4, 0.5) is 0 Å². The highest BCUT2D eigenvalue weighted by Gasteiger charge is 2.26. The third kappa shape index (κ3) is 3.27. The van der Waals surface area contributed by atoms with E-state index in [0.717, 1.165) is 19.5 Å². The zero-order chi connectivity index (χ0) is 10.6. The number of ether oxygens (including phenoxy) is 2. The minimum Gasteiger partial charge on any atom is -0.465 e. The lowest BCUT2D eigenvalue weighted by atomic mass is 10.0. The van der Waals surface area contributed by atoms with Crippen LogP contribution in [0, 0.1) is 5.92 Å². The van der Waals surface area contributed by atoms with Gasteiger partial charge in [0.15, 0.2) is 0 Å². The zero-order valence-electron chi connectivity index (χ0n) is 9.13. The molecule has 1 saturated heterocycles. The third-order valence-corrected chi connectivity index (χ3v) is 2.62. The Labute approximate surface area is 85.0 Å². The largest absolute Gasteiger partial charge is 0.465 e.